The molecule has 1 heterocycles. The summed E-state index contributed by atoms with van der Waals surface area (Å²) < 4.78 is 10.6. The average molecular weight is 360 g/mol. The van der Waals surface area contributed by atoms with Gasteiger partial charge in [0, 0.05) is 30.8 Å². The van der Waals surface area contributed by atoms with Gasteiger partial charge in [-0.15, -0.1) is 0 Å². The summed E-state index contributed by atoms with van der Waals surface area (Å²) >= 11 is 0. The summed E-state index contributed by atoms with van der Waals surface area (Å²) in [6.45, 7) is 2.66. The summed E-state index contributed by atoms with van der Waals surface area (Å²) in [7, 11) is 3.14. The number of carbonyl (C=O) groups excluding carboxylic acids is 2. The highest BCUT2D eigenvalue weighted by Crippen LogP contribution is 2.34. The molecule has 6 heteroatoms. The number of hydrogen-bond donors (Lipinski definition) is 1. The van der Waals surface area contributed by atoms with Gasteiger partial charge in [0.05, 0.1) is 20.1 Å². The molecule has 2 fully saturated rings. The molecule has 1 aliphatic carbocycles. The zero-order valence-corrected chi connectivity index (χ0v) is 15.8. The van der Waals surface area contributed by atoms with Crippen molar-refractivity contribution >= 4 is 17.5 Å². The highest BCUT2D eigenvalue weighted by molar-refractivity contribution is 6.00. The number of nitrogens with one attached hydrogen (secondary N) is 1. The molecule has 142 valence electrons. The molecule has 26 heavy (non-hydrogen) atoms. The van der Waals surface area contributed by atoms with Crippen LogP contribution < -0.4 is 19.7 Å². The minimum Gasteiger partial charge on any atom is -0.493 e. The molecule has 6 nitrogen and oxygen atoms in total. The second-order valence-corrected chi connectivity index (χ2v) is 7.41. The number of hydrogen-bond acceptors (Lipinski definition) is 4. The summed E-state index contributed by atoms with van der Waals surface area (Å²) in [6, 6.07) is 5.63. The first-order chi connectivity index (χ1) is 12.5. The SMILES string of the molecule is COc1ccc(N2CC(C(=O)NC3CCC(C)CC3)CC2=O)cc1OC. The molecule has 0 radical (unpaired) electrons. The summed E-state index contributed by atoms with van der Waals surface area (Å²) in [6.07, 6.45) is 4.64. The highest BCUT2D eigenvalue weighted by atomic mass is 16.5. The molecule has 2 amide bonds. The van der Waals surface area contributed by atoms with E-state index in [9.17, 15) is 9.59 Å². The third-order valence-corrected chi connectivity index (χ3v) is 5.54. The number of amides is 2. The van der Waals surface area contributed by atoms with E-state index >= 15 is 0 Å². The van der Waals surface area contributed by atoms with E-state index in [2.05, 4.69) is 12.2 Å². The maximum Gasteiger partial charge on any atom is 0.227 e. The predicted octanol–water partition coefficient (Wildman–Crippen LogP) is 2.75. The lowest BCUT2D eigenvalue weighted by molar-refractivity contribution is -0.127. The number of methoxy groups -OCH3 is 2. The van der Waals surface area contributed by atoms with Crippen LogP contribution >= 0.6 is 0 Å². The molecule has 0 spiro atoms. The van der Waals surface area contributed by atoms with Crippen molar-refractivity contribution in [3.05, 3.63) is 18.2 Å². The van der Waals surface area contributed by atoms with Gasteiger partial charge in [-0.05, 0) is 43.7 Å². The molecule has 3 rings (SSSR count). The predicted molar refractivity (Wildman–Crippen MR) is 99.6 cm³/mol. The lowest BCUT2D eigenvalue weighted by Crippen LogP contribution is -2.41. The van der Waals surface area contributed by atoms with Crippen molar-refractivity contribution < 1.29 is 19.1 Å². The second-order valence-electron chi connectivity index (χ2n) is 7.41. The Morgan fingerprint density at radius 1 is 1.12 bits per heavy atom. The molecule has 1 aromatic carbocycles. The summed E-state index contributed by atoms with van der Waals surface area (Å²) in [5.74, 6) is 1.60. The van der Waals surface area contributed by atoms with Gasteiger partial charge >= 0.3 is 0 Å². The van der Waals surface area contributed by atoms with Crippen molar-refractivity contribution in [2.45, 2.75) is 45.1 Å². The number of ether oxygens (including phenoxy) is 2. The smallest absolute Gasteiger partial charge is 0.227 e. The third-order valence-electron chi connectivity index (χ3n) is 5.54. The molecule has 1 aliphatic heterocycles. The molecule has 1 unspecified atom stereocenters. The molecule has 1 saturated carbocycles. The van der Waals surface area contributed by atoms with Crippen LogP contribution in [0.1, 0.15) is 39.0 Å². The van der Waals surface area contributed by atoms with Gasteiger partial charge in [-0.25, -0.2) is 0 Å². The van der Waals surface area contributed by atoms with E-state index in [1.165, 1.54) is 0 Å². The van der Waals surface area contributed by atoms with E-state index in [4.69, 9.17) is 9.47 Å². The molecule has 1 N–H and O–H groups in total. The number of nitrogens with zero attached hydrogens (tertiary/aromatic N) is 1. The standard InChI is InChI=1S/C20H28N2O4/c1-13-4-6-15(7-5-13)21-20(24)14-10-19(23)22(12-14)16-8-9-17(25-2)18(11-16)26-3/h8-9,11,13-15H,4-7,10,12H2,1-3H3,(H,21,24). The molecule has 1 atom stereocenters. The third kappa shape index (κ3) is 3.94. The van der Waals surface area contributed by atoms with Gasteiger partial charge in [0.15, 0.2) is 11.5 Å². The topological polar surface area (TPSA) is 67.9 Å². The van der Waals surface area contributed by atoms with E-state index in [0.29, 0.717) is 18.0 Å². The molecule has 1 saturated heterocycles. The van der Waals surface area contributed by atoms with Gasteiger partial charge in [-0.2, -0.15) is 0 Å². The first-order valence-electron chi connectivity index (χ1n) is 9.34. The summed E-state index contributed by atoms with van der Waals surface area (Å²) in [4.78, 5) is 26.7. The van der Waals surface area contributed by atoms with Crippen LogP contribution in [-0.2, 0) is 9.59 Å². The Morgan fingerprint density at radius 3 is 2.46 bits per heavy atom. The van der Waals surface area contributed by atoms with Gasteiger partial charge in [0.2, 0.25) is 11.8 Å². The Kier molecular flexibility index (Phi) is 5.69. The number of anilines is 1. The van der Waals surface area contributed by atoms with Crippen LogP contribution in [0.15, 0.2) is 18.2 Å². The van der Waals surface area contributed by atoms with Crippen LogP contribution in [0.2, 0.25) is 0 Å². The van der Waals surface area contributed by atoms with E-state index in [0.717, 1.165) is 37.3 Å². The minimum absolute atomic E-state index is 0.000815. The maximum absolute atomic E-state index is 12.6. The van der Waals surface area contributed by atoms with Crippen LogP contribution in [0, 0.1) is 11.8 Å². The molecule has 0 bridgehead atoms. The Balaban J connectivity index is 1.64. The van der Waals surface area contributed by atoms with Crippen molar-refractivity contribution in [2.24, 2.45) is 11.8 Å². The Hall–Kier alpha value is -2.24. The van der Waals surface area contributed by atoms with Crippen LogP contribution in [0.5, 0.6) is 11.5 Å². The number of carbonyl (C=O) groups is 2. The fourth-order valence-electron chi connectivity index (χ4n) is 3.85. The van der Waals surface area contributed by atoms with E-state index in [-0.39, 0.29) is 30.2 Å². The van der Waals surface area contributed by atoms with E-state index in [1.807, 2.05) is 6.07 Å². The second kappa shape index (κ2) is 7.98. The molecule has 1 aromatic rings. The molecular formula is C20H28N2O4. The first kappa shape index (κ1) is 18.5. The van der Waals surface area contributed by atoms with Crippen molar-refractivity contribution in [3.8, 4) is 11.5 Å². The summed E-state index contributed by atoms with van der Waals surface area (Å²) in [5, 5.41) is 3.15. The normalized spacial score (nSPS) is 25.9. The monoisotopic (exact) mass is 360 g/mol. The number of rotatable bonds is 5. The van der Waals surface area contributed by atoms with E-state index < -0.39 is 0 Å². The van der Waals surface area contributed by atoms with Crippen LogP contribution in [-0.4, -0.2) is 38.6 Å². The maximum atomic E-state index is 12.6. The van der Waals surface area contributed by atoms with E-state index in [1.54, 1.807) is 31.3 Å². The lowest BCUT2D eigenvalue weighted by Gasteiger charge is -2.27. The van der Waals surface area contributed by atoms with Crippen molar-refractivity contribution in [1.29, 1.82) is 0 Å². The largest absolute Gasteiger partial charge is 0.493 e. The van der Waals surface area contributed by atoms with Crippen molar-refractivity contribution in [3.63, 3.8) is 0 Å². The Labute approximate surface area is 154 Å². The summed E-state index contributed by atoms with van der Waals surface area (Å²) in [5.41, 5.74) is 0.731. The minimum atomic E-state index is -0.296. The Morgan fingerprint density at radius 2 is 1.81 bits per heavy atom. The zero-order valence-electron chi connectivity index (χ0n) is 15.8. The van der Waals surface area contributed by atoms with Gasteiger partial charge in [0.25, 0.3) is 0 Å². The molecular weight excluding hydrogens is 332 g/mol. The van der Waals surface area contributed by atoms with Gasteiger partial charge in [0.1, 0.15) is 0 Å². The van der Waals surface area contributed by atoms with Crippen molar-refractivity contribution in [2.75, 3.05) is 25.7 Å². The fourth-order valence-corrected chi connectivity index (χ4v) is 3.85. The van der Waals surface area contributed by atoms with Crippen LogP contribution in [0.4, 0.5) is 5.69 Å². The average Bonchev–Trinajstić information content (AvgIpc) is 3.05. The van der Waals surface area contributed by atoms with Crippen LogP contribution in [0.25, 0.3) is 0 Å². The number of benzene rings is 1. The molecule has 2 aliphatic rings. The highest BCUT2D eigenvalue weighted by Gasteiger charge is 2.36. The fraction of sp³-hybridized carbons (Fsp3) is 0.600. The van der Waals surface area contributed by atoms with Gasteiger partial charge in [-0.1, -0.05) is 6.92 Å². The van der Waals surface area contributed by atoms with Gasteiger partial charge < -0.3 is 19.7 Å². The lowest BCUT2D eigenvalue weighted by atomic mass is 9.87. The zero-order chi connectivity index (χ0) is 18.7. The van der Waals surface area contributed by atoms with Crippen LogP contribution in [0.3, 0.4) is 0 Å². The van der Waals surface area contributed by atoms with Crippen molar-refractivity contribution in [1.82, 2.24) is 5.32 Å². The molecule has 0 aromatic heterocycles. The quantitative estimate of drug-likeness (QED) is 0.877. The van der Waals surface area contributed by atoms with Gasteiger partial charge in [-0.3, -0.25) is 9.59 Å². The first-order valence-corrected chi connectivity index (χ1v) is 9.34. The Bertz CT molecular complexity index is 668.